The van der Waals surface area contributed by atoms with Crippen LogP contribution in [0.15, 0.2) is 6.20 Å². The van der Waals surface area contributed by atoms with Gasteiger partial charge in [0, 0.05) is 7.05 Å². The molecule has 4 N–H and O–H groups in total. The number of hydroxylamine groups is 2. The second-order valence-electron chi connectivity index (χ2n) is 3.47. The molecule has 0 radical (unpaired) electrons. The normalized spacial score (nSPS) is 11.2. The third kappa shape index (κ3) is 2.37. The van der Waals surface area contributed by atoms with Crippen molar-refractivity contribution in [3.63, 3.8) is 0 Å². The second kappa shape index (κ2) is 4.44. The molecule has 0 aliphatic carbocycles. The van der Waals surface area contributed by atoms with E-state index >= 15 is 0 Å². The largest absolute Gasteiger partial charge is 0.382 e. The fourth-order valence-corrected chi connectivity index (χ4v) is 1.35. The topological polar surface area (TPSA) is 116 Å². The molecule has 2 rings (SSSR count). The van der Waals surface area contributed by atoms with Gasteiger partial charge < -0.3 is 16.3 Å². The molecule has 0 unspecified atom stereocenters. The lowest BCUT2D eigenvalue weighted by molar-refractivity contribution is -0.117. The van der Waals surface area contributed by atoms with Gasteiger partial charge >= 0.3 is 0 Å². The first kappa shape index (κ1) is 11.4. The quantitative estimate of drug-likeness (QED) is 0.689. The summed E-state index contributed by atoms with van der Waals surface area (Å²) in [5, 5.41) is 1.62. The molecule has 0 saturated carbocycles. The summed E-state index contributed by atoms with van der Waals surface area (Å²) in [6.07, 6.45) is 1.60. The van der Waals surface area contributed by atoms with Crippen LogP contribution < -0.4 is 11.5 Å². The molecule has 0 amide bonds. The Morgan fingerprint density at radius 1 is 1.29 bits per heavy atom. The fourth-order valence-electron chi connectivity index (χ4n) is 1.35. The molecule has 8 heteroatoms. The Hall–Kier alpha value is -2.06. The van der Waals surface area contributed by atoms with E-state index in [1.165, 1.54) is 0 Å². The Morgan fingerprint density at radius 2 is 2.06 bits per heavy atom. The summed E-state index contributed by atoms with van der Waals surface area (Å²) in [4.78, 5) is 21.2. The third-order valence-corrected chi connectivity index (χ3v) is 2.20. The van der Waals surface area contributed by atoms with Crippen LogP contribution in [-0.4, -0.2) is 39.2 Å². The molecule has 0 atom stereocenters. The van der Waals surface area contributed by atoms with Gasteiger partial charge in [-0.1, -0.05) is 0 Å². The van der Waals surface area contributed by atoms with Crippen molar-refractivity contribution in [1.82, 2.24) is 25.0 Å². The van der Waals surface area contributed by atoms with E-state index in [2.05, 4.69) is 19.9 Å². The highest BCUT2D eigenvalue weighted by Gasteiger charge is 2.08. The monoisotopic (exact) mass is 235 g/mol. The molecule has 8 nitrogen and oxygen atoms in total. The molecule has 0 aliphatic heterocycles. The Balaban J connectivity index is 2.43. The minimum absolute atomic E-state index is 0.0889. The summed E-state index contributed by atoms with van der Waals surface area (Å²) >= 11 is 0. The lowest BCUT2D eigenvalue weighted by Gasteiger charge is -2.12. The summed E-state index contributed by atoms with van der Waals surface area (Å²) in [5.41, 5.74) is 12.7. The maximum absolute atomic E-state index is 5.71. The van der Waals surface area contributed by atoms with E-state index < -0.39 is 0 Å². The van der Waals surface area contributed by atoms with Gasteiger partial charge in [0.2, 0.25) is 5.95 Å². The highest BCUT2D eigenvalue weighted by molar-refractivity contribution is 5.81. The van der Waals surface area contributed by atoms with Gasteiger partial charge in [0.25, 0.3) is 0 Å². The molecule has 17 heavy (non-hydrogen) atoms. The van der Waals surface area contributed by atoms with Crippen molar-refractivity contribution in [2.75, 3.05) is 25.6 Å². The number of hydrogen-bond donors (Lipinski definition) is 2. The first-order valence-corrected chi connectivity index (χ1v) is 4.90. The van der Waals surface area contributed by atoms with E-state index in [1.807, 2.05) is 0 Å². The second-order valence-corrected chi connectivity index (χ2v) is 3.47. The van der Waals surface area contributed by atoms with Gasteiger partial charge in [-0.15, -0.1) is 0 Å². The lowest BCUT2D eigenvalue weighted by Crippen LogP contribution is -2.17. The summed E-state index contributed by atoms with van der Waals surface area (Å²) in [5.74, 6) is 0.313. The Labute approximate surface area is 97.6 Å². The Morgan fingerprint density at radius 3 is 2.76 bits per heavy atom. The first-order chi connectivity index (χ1) is 8.10. The van der Waals surface area contributed by atoms with E-state index in [0.29, 0.717) is 23.4 Å². The molecule has 0 bridgehead atoms. The number of nitrogens with two attached hydrogens (primary N) is 2. The van der Waals surface area contributed by atoms with E-state index in [0.717, 1.165) is 0 Å². The molecule has 0 fully saturated rings. The zero-order chi connectivity index (χ0) is 12.4. The van der Waals surface area contributed by atoms with Crippen LogP contribution in [0, 0.1) is 0 Å². The highest BCUT2D eigenvalue weighted by atomic mass is 16.7. The maximum atomic E-state index is 5.71. The van der Waals surface area contributed by atoms with Crippen molar-refractivity contribution in [2.24, 2.45) is 0 Å². The number of hydrogen-bond acceptors (Lipinski definition) is 8. The van der Waals surface area contributed by atoms with E-state index in [-0.39, 0.29) is 11.8 Å². The Bertz CT molecular complexity index is 544. The van der Waals surface area contributed by atoms with Crippen molar-refractivity contribution in [2.45, 2.75) is 6.54 Å². The molecule has 2 aromatic rings. The molecular formula is C9H13N7O. The molecule has 0 aromatic carbocycles. The average Bonchev–Trinajstić information content (AvgIpc) is 2.29. The average molecular weight is 235 g/mol. The first-order valence-electron chi connectivity index (χ1n) is 4.90. The molecule has 0 saturated heterocycles. The van der Waals surface area contributed by atoms with Crippen LogP contribution in [0.4, 0.5) is 11.8 Å². The van der Waals surface area contributed by atoms with Crippen molar-refractivity contribution in [1.29, 1.82) is 0 Å². The zero-order valence-electron chi connectivity index (χ0n) is 9.58. The van der Waals surface area contributed by atoms with Crippen molar-refractivity contribution >= 4 is 22.9 Å². The van der Waals surface area contributed by atoms with E-state index in [1.54, 1.807) is 25.4 Å². The summed E-state index contributed by atoms with van der Waals surface area (Å²) < 4.78 is 0. The third-order valence-electron chi connectivity index (χ3n) is 2.20. The number of anilines is 2. The Kier molecular flexibility index (Phi) is 2.98. The van der Waals surface area contributed by atoms with Crippen LogP contribution in [0.2, 0.25) is 0 Å². The van der Waals surface area contributed by atoms with Crippen LogP contribution in [0.5, 0.6) is 0 Å². The number of nitrogen functional groups attached to an aromatic ring is 2. The molecule has 90 valence electrons. The van der Waals surface area contributed by atoms with Crippen LogP contribution in [0.3, 0.4) is 0 Å². The summed E-state index contributed by atoms with van der Waals surface area (Å²) in [6.45, 7) is 0.489. The van der Waals surface area contributed by atoms with Gasteiger partial charge in [-0.05, 0) is 0 Å². The molecule has 0 spiro atoms. The molecule has 0 aliphatic rings. The van der Waals surface area contributed by atoms with Gasteiger partial charge in [-0.3, -0.25) is 0 Å². The van der Waals surface area contributed by atoms with Gasteiger partial charge in [0.05, 0.1) is 25.5 Å². The van der Waals surface area contributed by atoms with Crippen molar-refractivity contribution in [3.8, 4) is 0 Å². The van der Waals surface area contributed by atoms with Gasteiger partial charge in [-0.2, -0.15) is 15.0 Å². The highest BCUT2D eigenvalue weighted by Crippen LogP contribution is 2.14. The number of nitrogens with zero attached hydrogens (tertiary/aromatic N) is 5. The smallest absolute Gasteiger partial charge is 0.224 e. The number of fused-ring (bicyclic) bond motifs is 1. The SMILES string of the molecule is CON(C)Cc1cnc2nc(N)nc(N)c2n1. The van der Waals surface area contributed by atoms with Crippen LogP contribution in [0.1, 0.15) is 5.69 Å². The number of rotatable bonds is 3. The van der Waals surface area contributed by atoms with Gasteiger partial charge in [0.15, 0.2) is 17.0 Å². The van der Waals surface area contributed by atoms with Crippen LogP contribution in [0.25, 0.3) is 11.2 Å². The van der Waals surface area contributed by atoms with E-state index in [9.17, 15) is 0 Å². The number of aromatic nitrogens is 4. The lowest BCUT2D eigenvalue weighted by atomic mass is 10.4. The predicted octanol–water partition coefficient (Wildman–Crippen LogP) is -0.423. The standard InChI is InChI=1S/C9H13N7O/c1-16(17-2)4-5-3-12-8-6(13-5)7(10)14-9(11)15-8/h3H,4H2,1-2H3,(H4,10,11,12,14,15). The van der Waals surface area contributed by atoms with Gasteiger partial charge in [-0.25, -0.2) is 9.97 Å². The molecule has 2 aromatic heterocycles. The maximum Gasteiger partial charge on any atom is 0.224 e. The van der Waals surface area contributed by atoms with Crippen molar-refractivity contribution in [3.05, 3.63) is 11.9 Å². The predicted molar refractivity (Wildman–Crippen MR) is 62.4 cm³/mol. The molecular weight excluding hydrogens is 222 g/mol. The fraction of sp³-hybridized carbons (Fsp3) is 0.333. The van der Waals surface area contributed by atoms with Crippen molar-refractivity contribution < 1.29 is 4.84 Å². The minimum Gasteiger partial charge on any atom is -0.382 e. The van der Waals surface area contributed by atoms with Crippen LogP contribution in [-0.2, 0) is 11.4 Å². The molecule has 2 heterocycles. The summed E-state index contributed by atoms with van der Waals surface area (Å²) in [6, 6.07) is 0. The van der Waals surface area contributed by atoms with Crippen LogP contribution >= 0.6 is 0 Å². The van der Waals surface area contributed by atoms with E-state index in [4.69, 9.17) is 16.3 Å². The van der Waals surface area contributed by atoms with Gasteiger partial charge in [0.1, 0.15) is 0 Å². The minimum atomic E-state index is 0.0889. The summed E-state index contributed by atoms with van der Waals surface area (Å²) in [7, 11) is 3.36. The zero-order valence-corrected chi connectivity index (χ0v) is 9.58.